The first-order valence-corrected chi connectivity index (χ1v) is 8.05. The molecule has 0 heterocycles. The number of nitrogens with one attached hydrogen (secondary N) is 1. The van der Waals surface area contributed by atoms with E-state index in [-0.39, 0.29) is 12.5 Å². The van der Waals surface area contributed by atoms with Crippen molar-refractivity contribution in [3.63, 3.8) is 0 Å². The third kappa shape index (κ3) is 4.00. The van der Waals surface area contributed by atoms with E-state index in [1.807, 2.05) is 36.6 Å². The normalized spacial score (nSPS) is 10.4. The molecule has 0 aliphatic rings. The molecule has 1 amide bonds. The number of hydrogen-bond donors (Lipinski definition) is 2. The van der Waals surface area contributed by atoms with Crippen LogP contribution >= 0.6 is 23.4 Å². The van der Waals surface area contributed by atoms with Gasteiger partial charge in [0.2, 0.25) is 0 Å². The van der Waals surface area contributed by atoms with E-state index in [0.717, 1.165) is 16.0 Å². The molecule has 0 saturated carbocycles. The Hall–Kier alpha value is -1.49. The molecule has 5 heteroatoms. The Kier molecular flexibility index (Phi) is 5.67. The van der Waals surface area contributed by atoms with Crippen molar-refractivity contribution in [2.45, 2.75) is 18.0 Å². The van der Waals surface area contributed by atoms with Gasteiger partial charge >= 0.3 is 0 Å². The van der Waals surface area contributed by atoms with Gasteiger partial charge in [-0.3, -0.25) is 4.79 Å². The molecule has 0 saturated heterocycles. The van der Waals surface area contributed by atoms with Crippen LogP contribution in [0.4, 0.5) is 0 Å². The molecule has 0 aromatic heterocycles. The lowest BCUT2D eigenvalue weighted by molar-refractivity contribution is 0.0950. The maximum atomic E-state index is 12.2. The summed E-state index contributed by atoms with van der Waals surface area (Å²) in [7, 11) is 0. The van der Waals surface area contributed by atoms with Crippen molar-refractivity contribution < 1.29 is 9.90 Å². The van der Waals surface area contributed by atoms with Crippen molar-refractivity contribution in [3.05, 3.63) is 64.2 Å². The summed E-state index contributed by atoms with van der Waals surface area (Å²) in [6.07, 6.45) is 1.95. The summed E-state index contributed by atoms with van der Waals surface area (Å²) in [6.45, 7) is 0.310. The van der Waals surface area contributed by atoms with Crippen LogP contribution in [-0.4, -0.2) is 17.3 Å². The molecular formula is C16H16ClNO2S. The first kappa shape index (κ1) is 15.9. The van der Waals surface area contributed by atoms with Crippen molar-refractivity contribution >= 4 is 29.3 Å². The van der Waals surface area contributed by atoms with Gasteiger partial charge < -0.3 is 10.4 Å². The Morgan fingerprint density at radius 1 is 1.24 bits per heavy atom. The van der Waals surface area contributed by atoms with Crippen LogP contribution in [0.25, 0.3) is 0 Å². The van der Waals surface area contributed by atoms with Crippen LogP contribution in [0.2, 0.25) is 5.02 Å². The van der Waals surface area contributed by atoms with E-state index in [2.05, 4.69) is 5.32 Å². The highest BCUT2D eigenvalue weighted by Crippen LogP contribution is 2.23. The molecule has 110 valence electrons. The Labute approximate surface area is 133 Å². The highest BCUT2D eigenvalue weighted by molar-refractivity contribution is 7.98. The number of aliphatic hydroxyl groups is 1. The molecule has 0 radical (unpaired) electrons. The van der Waals surface area contributed by atoms with Gasteiger partial charge in [0.15, 0.2) is 0 Å². The van der Waals surface area contributed by atoms with E-state index < -0.39 is 0 Å². The van der Waals surface area contributed by atoms with Gasteiger partial charge in [-0.2, -0.15) is 0 Å². The lowest BCUT2D eigenvalue weighted by Gasteiger charge is -2.10. The van der Waals surface area contributed by atoms with Gasteiger partial charge in [0.05, 0.1) is 17.2 Å². The smallest absolute Gasteiger partial charge is 0.253 e. The zero-order valence-electron chi connectivity index (χ0n) is 11.6. The molecule has 2 aromatic rings. The molecule has 21 heavy (non-hydrogen) atoms. The van der Waals surface area contributed by atoms with Crippen LogP contribution in [0, 0.1) is 0 Å². The molecular weight excluding hydrogens is 306 g/mol. The molecule has 2 aromatic carbocycles. The fraction of sp³-hybridized carbons (Fsp3) is 0.188. The second-order valence-corrected chi connectivity index (χ2v) is 5.74. The zero-order valence-corrected chi connectivity index (χ0v) is 13.2. The summed E-state index contributed by atoms with van der Waals surface area (Å²) in [5.41, 5.74) is 2.16. The first-order valence-electron chi connectivity index (χ1n) is 6.45. The van der Waals surface area contributed by atoms with Crippen molar-refractivity contribution in [2.24, 2.45) is 0 Å². The third-order valence-corrected chi connectivity index (χ3v) is 4.20. The summed E-state index contributed by atoms with van der Waals surface area (Å²) >= 11 is 7.64. The molecule has 0 unspecified atom stereocenters. The zero-order chi connectivity index (χ0) is 15.2. The Balaban J connectivity index is 2.11. The van der Waals surface area contributed by atoms with Crippen LogP contribution in [0.5, 0.6) is 0 Å². The average molecular weight is 322 g/mol. The molecule has 0 atom stereocenters. The van der Waals surface area contributed by atoms with Gasteiger partial charge in [-0.05, 0) is 35.6 Å². The number of benzene rings is 2. The number of rotatable bonds is 5. The minimum atomic E-state index is -0.219. The van der Waals surface area contributed by atoms with Crippen LogP contribution in [0.15, 0.2) is 47.4 Å². The Bertz CT molecular complexity index is 646. The Morgan fingerprint density at radius 3 is 2.62 bits per heavy atom. The SMILES string of the molecule is CSc1ccc(Cl)c(C(=O)NCc2ccccc2CO)c1. The lowest BCUT2D eigenvalue weighted by atomic mass is 10.1. The fourth-order valence-electron chi connectivity index (χ4n) is 1.96. The lowest BCUT2D eigenvalue weighted by Crippen LogP contribution is -2.23. The number of hydrogen-bond acceptors (Lipinski definition) is 3. The molecule has 0 aliphatic heterocycles. The van der Waals surface area contributed by atoms with Gasteiger partial charge in [0.25, 0.3) is 5.91 Å². The van der Waals surface area contributed by atoms with Crippen LogP contribution in [0.1, 0.15) is 21.5 Å². The van der Waals surface area contributed by atoms with E-state index in [1.165, 1.54) is 0 Å². The summed E-state index contributed by atoms with van der Waals surface area (Å²) in [5.74, 6) is -0.219. The van der Waals surface area contributed by atoms with Crippen molar-refractivity contribution in [1.82, 2.24) is 5.32 Å². The van der Waals surface area contributed by atoms with Gasteiger partial charge in [-0.15, -0.1) is 11.8 Å². The van der Waals surface area contributed by atoms with E-state index in [9.17, 15) is 9.90 Å². The highest BCUT2D eigenvalue weighted by atomic mass is 35.5. The minimum Gasteiger partial charge on any atom is -0.392 e. The number of amides is 1. The summed E-state index contributed by atoms with van der Waals surface area (Å²) in [5, 5.41) is 12.5. The summed E-state index contributed by atoms with van der Waals surface area (Å²) < 4.78 is 0. The maximum absolute atomic E-state index is 12.2. The predicted octanol–water partition coefficient (Wildman–Crippen LogP) is 3.48. The second kappa shape index (κ2) is 7.50. The maximum Gasteiger partial charge on any atom is 0.253 e. The average Bonchev–Trinajstić information content (AvgIpc) is 2.53. The van der Waals surface area contributed by atoms with Crippen molar-refractivity contribution in [3.8, 4) is 0 Å². The third-order valence-electron chi connectivity index (χ3n) is 3.15. The van der Waals surface area contributed by atoms with Crippen LogP contribution in [0.3, 0.4) is 0 Å². The van der Waals surface area contributed by atoms with E-state index >= 15 is 0 Å². The van der Waals surface area contributed by atoms with E-state index in [0.29, 0.717) is 17.1 Å². The van der Waals surface area contributed by atoms with Gasteiger partial charge in [-0.1, -0.05) is 35.9 Å². The topological polar surface area (TPSA) is 49.3 Å². The van der Waals surface area contributed by atoms with Crippen molar-refractivity contribution in [1.29, 1.82) is 0 Å². The van der Waals surface area contributed by atoms with E-state index in [1.54, 1.807) is 23.9 Å². The van der Waals surface area contributed by atoms with Gasteiger partial charge in [0.1, 0.15) is 0 Å². The quantitative estimate of drug-likeness (QED) is 0.829. The number of thioether (sulfide) groups is 1. The van der Waals surface area contributed by atoms with Crippen LogP contribution in [-0.2, 0) is 13.2 Å². The summed E-state index contributed by atoms with van der Waals surface area (Å²) in [4.78, 5) is 13.2. The van der Waals surface area contributed by atoms with Gasteiger partial charge in [0, 0.05) is 11.4 Å². The van der Waals surface area contributed by atoms with Crippen LogP contribution < -0.4 is 5.32 Å². The van der Waals surface area contributed by atoms with Gasteiger partial charge in [-0.25, -0.2) is 0 Å². The molecule has 0 spiro atoms. The molecule has 3 nitrogen and oxygen atoms in total. The fourth-order valence-corrected chi connectivity index (χ4v) is 2.60. The van der Waals surface area contributed by atoms with Crippen molar-refractivity contribution in [2.75, 3.05) is 6.26 Å². The van der Waals surface area contributed by atoms with E-state index in [4.69, 9.17) is 11.6 Å². The molecule has 2 N–H and O–H groups in total. The second-order valence-electron chi connectivity index (χ2n) is 4.46. The number of carbonyl (C=O) groups is 1. The first-order chi connectivity index (χ1) is 10.2. The molecule has 2 rings (SSSR count). The molecule has 0 bridgehead atoms. The predicted molar refractivity (Wildman–Crippen MR) is 86.8 cm³/mol. The molecule has 0 aliphatic carbocycles. The standard InChI is InChI=1S/C16H16ClNO2S/c1-21-13-6-7-15(17)14(8-13)16(20)18-9-11-4-2-3-5-12(11)10-19/h2-8,19H,9-10H2,1H3,(H,18,20). The largest absolute Gasteiger partial charge is 0.392 e. The number of aliphatic hydroxyl groups excluding tert-OH is 1. The number of halogens is 1. The highest BCUT2D eigenvalue weighted by Gasteiger charge is 2.11. The molecule has 0 fully saturated rings. The minimum absolute atomic E-state index is 0.0469. The number of carbonyl (C=O) groups excluding carboxylic acids is 1. The Morgan fingerprint density at radius 2 is 1.95 bits per heavy atom. The monoisotopic (exact) mass is 321 g/mol. The summed E-state index contributed by atoms with van der Waals surface area (Å²) in [6, 6.07) is 12.8.